The van der Waals surface area contributed by atoms with Crippen LogP contribution in [0.4, 0.5) is 9.18 Å². The lowest BCUT2D eigenvalue weighted by molar-refractivity contribution is 0.0800. The Morgan fingerprint density at radius 2 is 2.10 bits per heavy atom. The normalized spacial score (nSPS) is 31.8. The van der Waals surface area contributed by atoms with Crippen LogP contribution >= 0.6 is 0 Å². The number of hydrogen-bond acceptors (Lipinski definition) is 2. The van der Waals surface area contributed by atoms with Crippen molar-refractivity contribution in [3.05, 3.63) is 35.9 Å². The van der Waals surface area contributed by atoms with Crippen molar-refractivity contribution in [1.82, 2.24) is 10.2 Å². The maximum atomic E-state index is 13.9. The number of carbonyl (C=O) groups is 1. The number of benzene rings is 1. The summed E-state index contributed by atoms with van der Waals surface area (Å²) in [7, 11) is 0. The van der Waals surface area contributed by atoms with Gasteiger partial charge in [0.05, 0.1) is 13.2 Å². The molecule has 1 aliphatic carbocycles. The maximum absolute atomic E-state index is 13.9. The molecule has 2 amide bonds. The van der Waals surface area contributed by atoms with Crippen LogP contribution in [0.15, 0.2) is 30.3 Å². The molecule has 3 rings (SSSR count). The quantitative estimate of drug-likeness (QED) is 0.896. The summed E-state index contributed by atoms with van der Waals surface area (Å²) in [5, 5.41) is 12.0. The van der Waals surface area contributed by atoms with Crippen LogP contribution in [-0.4, -0.2) is 47.4 Å². The fraction of sp³-hybridized carbons (Fsp3) is 0.562. The van der Waals surface area contributed by atoms with Gasteiger partial charge in [0.15, 0.2) is 5.67 Å². The van der Waals surface area contributed by atoms with Gasteiger partial charge in [-0.05, 0) is 24.3 Å². The highest BCUT2D eigenvalue weighted by Crippen LogP contribution is 2.37. The zero-order valence-electron chi connectivity index (χ0n) is 12.0. The minimum atomic E-state index is -1.62. The van der Waals surface area contributed by atoms with Crippen LogP contribution in [0.1, 0.15) is 30.7 Å². The lowest BCUT2D eigenvalue weighted by Gasteiger charge is -2.37. The average Bonchev–Trinajstić information content (AvgIpc) is 2.86. The standard InChI is InChI=1S/C16H21FN2O2/c17-16(11-20)6-7-19(10-16)15(21)18-14-8-13(9-14)12-4-2-1-3-5-12/h1-5,13-14,20H,6-11H2,(H,18,21). The van der Waals surface area contributed by atoms with E-state index < -0.39 is 12.3 Å². The summed E-state index contributed by atoms with van der Waals surface area (Å²) in [5.41, 5.74) is -0.309. The molecule has 0 spiro atoms. The number of likely N-dealkylation sites (tertiary alicyclic amines) is 1. The van der Waals surface area contributed by atoms with Gasteiger partial charge in [-0.25, -0.2) is 9.18 Å². The molecule has 4 nitrogen and oxygen atoms in total. The van der Waals surface area contributed by atoms with Crippen LogP contribution in [0.25, 0.3) is 0 Å². The van der Waals surface area contributed by atoms with Gasteiger partial charge in [0, 0.05) is 19.0 Å². The minimum absolute atomic E-state index is 0.00975. The molecule has 0 aromatic heterocycles. The first-order valence-corrected chi connectivity index (χ1v) is 7.50. The molecule has 1 aromatic carbocycles. The van der Waals surface area contributed by atoms with Crippen LogP contribution in [0.5, 0.6) is 0 Å². The summed E-state index contributed by atoms with van der Waals surface area (Å²) in [4.78, 5) is 13.5. The van der Waals surface area contributed by atoms with E-state index in [0.717, 1.165) is 12.8 Å². The maximum Gasteiger partial charge on any atom is 0.317 e. The van der Waals surface area contributed by atoms with Gasteiger partial charge in [-0.3, -0.25) is 0 Å². The number of urea groups is 1. The van der Waals surface area contributed by atoms with Crippen molar-refractivity contribution in [2.45, 2.75) is 36.9 Å². The monoisotopic (exact) mass is 292 g/mol. The van der Waals surface area contributed by atoms with E-state index in [9.17, 15) is 9.18 Å². The smallest absolute Gasteiger partial charge is 0.317 e. The molecule has 114 valence electrons. The molecule has 1 saturated heterocycles. The molecule has 2 aliphatic rings. The second-order valence-electron chi connectivity index (χ2n) is 6.21. The Labute approximate surface area is 124 Å². The van der Waals surface area contributed by atoms with Gasteiger partial charge >= 0.3 is 6.03 Å². The Morgan fingerprint density at radius 3 is 2.71 bits per heavy atom. The zero-order chi connectivity index (χ0) is 14.9. The molecule has 1 heterocycles. The lowest BCUT2D eigenvalue weighted by atomic mass is 9.76. The summed E-state index contributed by atoms with van der Waals surface area (Å²) >= 11 is 0. The molecule has 2 fully saturated rings. The molecule has 5 heteroatoms. The highest BCUT2D eigenvalue weighted by Gasteiger charge is 2.41. The van der Waals surface area contributed by atoms with E-state index >= 15 is 0 Å². The molecule has 1 saturated carbocycles. The SMILES string of the molecule is O=C(NC1CC(c2ccccc2)C1)N1CCC(F)(CO)C1. The summed E-state index contributed by atoms with van der Waals surface area (Å²) in [6.07, 6.45) is 2.09. The van der Waals surface area contributed by atoms with E-state index in [-0.39, 0.29) is 25.0 Å². The number of halogens is 1. The molecule has 21 heavy (non-hydrogen) atoms. The van der Waals surface area contributed by atoms with Gasteiger partial charge < -0.3 is 15.3 Å². The number of aliphatic hydroxyl groups excluding tert-OH is 1. The van der Waals surface area contributed by atoms with E-state index in [4.69, 9.17) is 5.11 Å². The number of alkyl halides is 1. The van der Waals surface area contributed by atoms with Gasteiger partial charge in [-0.2, -0.15) is 0 Å². The summed E-state index contributed by atoms with van der Waals surface area (Å²) in [6, 6.07) is 10.2. The topological polar surface area (TPSA) is 52.6 Å². The van der Waals surface area contributed by atoms with Gasteiger partial charge in [0.2, 0.25) is 0 Å². The third-order valence-electron chi connectivity index (χ3n) is 4.61. The van der Waals surface area contributed by atoms with Crippen molar-refractivity contribution in [3.8, 4) is 0 Å². The largest absolute Gasteiger partial charge is 0.393 e. The number of rotatable bonds is 3. The van der Waals surface area contributed by atoms with Crippen molar-refractivity contribution in [2.75, 3.05) is 19.7 Å². The van der Waals surface area contributed by atoms with Crippen molar-refractivity contribution in [1.29, 1.82) is 0 Å². The zero-order valence-corrected chi connectivity index (χ0v) is 12.0. The second-order valence-corrected chi connectivity index (χ2v) is 6.21. The first kappa shape index (κ1) is 14.3. The summed E-state index contributed by atoms with van der Waals surface area (Å²) in [5.74, 6) is 0.507. The molecule has 0 radical (unpaired) electrons. The van der Waals surface area contributed by atoms with Gasteiger partial charge in [0.25, 0.3) is 0 Å². The Hall–Kier alpha value is -1.62. The molecule has 1 aliphatic heterocycles. The minimum Gasteiger partial charge on any atom is -0.393 e. The number of nitrogens with one attached hydrogen (secondary N) is 1. The summed E-state index contributed by atoms with van der Waals surface area (Å²) < 4.78 is 13.9. The highest BCUT2D eigenvalue weighted by atomic mass is 19.1. The molecule has 1 atom stereocenters. The fourth-order valence-corrected chi connectivity index (χ4v) is 3.14. The number of nitrogens with zero attached hydrogens (tertiary/aromatic N) is 1. The van der Waals surface area contributed by atoms with Crippen molar-refractivity contribution in [2.24, 2.45) is 0 Å². The number of aliphatic hydroxyl groups is 1. The van der Waals surface area contributed by atoms with Crippen LogP contribution in [0.3, 0.4) is 0 Å². The molecular weight excluding hydrogens is 271 g/mol. The Bertz CT molecular complexity index is 504. The fourth-order valence-electron chi connectivity index (χ4n) is 3.14. The molecule has 1 unspecified atom stereocenters. The van der Waals surface area contributed by atoms with Gasteiger partial charge in [0.1, 0.15) is 0 Å². The van der Waals surface area contributed by atoms with Crippen molar-refractivity contribution in [3.63, 3.8) is 0 Å². The lowest BCUT2D eigenvalue weighted by Crippen LogP contribution is -2.49. The third-order valence-corrected chi connectivity index (χ3v) is 4.61. The molecule has 0 bridgehead atoms. The van der Waals surface area contributed by atoms with Gasteiger partial charge in [-0.15, -0.1) is 0 Å². The Balaban J connectivity index is 1.46. The number of amides is 2. The Morgan fingerprint density at radius 1 is 1.38 bits per heavy atom. The molecule has 1 aromatic rings. The van der Waals surface area contributed by atoms with E-state index in [0.29, 0.717) is 12.5 Å². The average molecular weight is 292 g/mol. The molecule has 2 N–H and O–H groups in total. The third kappa shape index (κ3) is 3.02. The second kappa shape index (κ2) is 5.64. The van der Waals surface area contributed by atoms with Crippen molar-refractivity contribution >= 4 is 6.03 Å². The van der Waals surface area contributed by atoms with E-state index in [2.05, 4.69) is 17.4 Å². The predicted octanol–water partition coefficient (Wildman–Crippen LogP) is 2.05. The van der Waals surface area contributed by atoms with E-state index in [1.807, 2.05) is 18.2 Å². The first-order valence-electron chi connectivity index (χ1n) is 7.50. The van der Waals surface area contributed by atoms with Crippen LogP contribution < -0.4 is 5.32 Å². The molecular formula is C16H21FN2O2. The number of hydrogen-bond donors (Lipinski definition) is 2. The predicted molar refractivity (Wildman–Crippen MR) is 77.9 cm³/mol. The number of carbonyl (C=O) groups excluding carboxylic acids is 1. The van der Waals surface area contributed by atoms with Crippen LogP contribution in [0.2, 0.25) is 0 Å². The van der Waals surface area contributed by atoms with Crippen LogP contribution in [-0.2, 0) is 0 Å². The van der Waals surface area contributed by atoms with E-state index in [1.54, 1.807) is 0 Å². The van der Waals surface area contributed by atoms with Gasteiger partial charge in [-0.1, -0.05) is 30.3 Å². The first-order chi connectivity index (χ1) is 10.1. The highest BCUT2D eigenvalue weighted by molar-refractivity contribution is 5.75. The van der Waals surface area contributed by atoms with Crippen LogP contribution in [0, 0.1) is 0 Å². The van der Waals surface area contributed by atoms with E-state index in [1.165, 1.54) is 10.5 Å². The Kier molecular flexibility index (Phi) is 3.85. The summed E-state index contributed by atoms with van der Waals surface area (Å²) in [6.45, 7) is -0.155. The van der Waals surface area contributed by atoms with Crippen molar-refractivity contribution < 1.29 is 14.3 Å².